The van der Waals surface area contributed by atoms with Crippen LogP contribution in [0.4, 0.5) is 0 Å². The summed E-state index contributed by atoms with van der Waals surface area (Å²) in [6, 6.07) is 0. The second-order valence-corrected chi connectivity index (χ2v) is 4.32. The highest BCUT2D eigenvalue weighted by Gasteiger charge is 1.93. The largest absolute Gasteiger partial charge is 0.382 e. The number of hydrogen-bond donors (Lipinski definition) is 1. The third-order valence-corrected chi connectivity index (χ3v) is 3.23. The number of aliphatic hydroxyl groups is 1. The molecule has 0 aromatic heterocycles. The van der Waals surface area contributed by atoms with E-state index in [9.17, 15) is 0 Å². The van der Waals surface area contributed by atoms with Crippen LogP contribution in [-0.2, 0) is 0 Å². The normalized spacial score (nSPS) is 13.9. The Hall–Kier alpha value is 0.660. The number of hydrogen-bond acceptors (Lipinski definition) is 3. The summed E-state index contributed by atoms with van der Waals surface area (Å²) in [6.45, 7) is 3.92. The van der Waals surface area contributed by atoms with E-state index in [4.69, 9.17) is 5.11 Å². The van der Waals surface area contributed by atoms with Gasteiger partial charge in [0.25, 0.3) is 0 Å². The molecule has 0 spiro atoms. The van der Waals surface area contributed by atoms with E-state index in [0.717, 1.165) is 5.75 Å². The molecule has 0 radical (unpaired) electrons. The lowest BCUT2D eigenvalue weighted by molar-refractivity contribution is 0.285. The van der Waals surface area contributed by atoms with Gasteiger partial charge in [-0.2, -0.15) is 0 Å². The average molecular weight is 152 g/mol. The topological polar surface area (TPSA) is 20.2 Å². The van der Waals surface area contributed by atoms with Crippen molar-refractivity contribution in [2.24, 2.45) is 0 Å². The summed E-state index contributed by atoms with van der Waals surface area (Å²) in [6.07, 6.45) is 1.18. The van der Waals surface area contributed by atoms with Crippen LogP contribution in [0.1, 0.15) is 20.3 Å². The minimum Gasteiger partial charge on any atom is -0.382 e. The van der Waals surface area contributed by atoms with Gasteiger partial charge in [-0.3, -0.25) is 0 Å². The lowest BCUT2D eigenvalue weighted by atomic mass is 10.6. The van der Waals surface area contributed by atoms with Crippen LogP contribution in [0.2, 0.25) is 0 Å². The fourth-order valence-corrected chi connectivity index (χ4v) is 2.07. The smallest absolute Gasteiger partial charge is 0.106 e. The van der Waals surface area contributed by atoms with Crippen LogP contribution in [0.15, 0.2) is 0 Å². The van der Waals surface area contributed by atoms with Gasteiger partial charge in [-0.25, -0.2) is 0 Å². The summed E-state index contributed by atoms with van der Waals surface area (Å²) in [5.74, 6) is 1.13. The van der Waals surface area contributed by atoms with E-state index in [0.29, 0.717) is 0 Å². The van der Waals surface area contributed by atoms with Gasteiger partial charge in [0.1, 0.15) is 5.44 Å². The Morgan fingerprint density at radius 2 is 2.25 bits per heavy atom. The van der Waals surface area contributed by atoms with E-state index in [-0.39, 0.29) is 5.44 Å². The molecule has 0 aliphatic carbocycles. The molecule has 0 aromatic rings. The Labute approximate surface area is 58.6 Å². The van der Waals surface area contributed by atoms with Gasteiger partial charge in [0.05, 0.1) is 0 Å². The molecule has 0 aromatic carbocycles. The molecule has 0 aliphatic heterocycles. The van der Waals surface area contributed by atoms with Crippen molar-refractivity contribution in [2.75, 3.05) is 5.75 Å². The van der Waals surface area contributed by atoms with E-state index in [1.807, 2.05) is 0 Å². The first-order valence-electron chi connectivity index (χ1n) is 2.73. The SMILES string of the molecule is CCCSSC(C)O. The number of rotatable bonds is 4. The maximum absolute atomic E-state index is 8.72. The van der Waals surface area contributed by atoms with Crippen LogP contribution in [0, 0.1) is 0 Å². The third kappa shape index (κ3) is 6.66. The van der Waals surface area contributed by atoms with Crippen molar-refractivity contribution in [1.82, 2.24) is 0 Å². The molecule has 1 atom stereocenters. The van der Waals surface area contributed by atoms with Crippen LogP contribution in [0.5, 0.6) is 0 Å². The molecular weight excluding hydrogens is 140 g/mol. The lowest BCUT2D eigenvalue weighted by Crippen LogP contribution is -1.87. The zero-order valence-electron chi connectivity index (χ0n) is 5.26. The summed E-state index contributed by atoms with van der Waals surface area (Å²) >= 11 is 0. The summed E-state index contributed by atoms with van der Waals surface area (Å²) < 4.78 is 0. The molecule has 0 heterocycles. The van der Waals surface area contributed by atoms with Crippen molar-refractivity contribution < 1.29 is 5.11 Å². The van der Waals surface area contributed by atoms with E-state index in [1.54, 1.807) is 17.7 Å². The molecule has 0 bridgehead atoms. The lowest BCUT2D eigenvalue weighted by Gasteiger charge is -1.99. The summed E-state index contributed by atoms with van der Waals surface area (Å²) in [7, 11) is 3.26. The molecule has 0 fully saturated rings. The Kier molecular flexibility index (Phi) is 6.27. The molecule has 0 amide bonds. The summed E-state index contributed by atoms with van der Waals surface area (Å²) in [5.41, 5.74) is -0.216. The van der Waals surface area contributed by atoms with Crippen molar-refractivity contribution in [3.05, 3.63) is 0 Å². The second-order valence-electron chi connectivity index (χ2n) is 1.52. The molecule has 0 saturated heterocycles. The second kappa shape index (κ2) is 5.79. The predicted molar refractivity (Wildman–Crippen MR) is 42.0 cm³/mol. The van der Waals surface area contributed by atoms with Gasteiger partial charge in [-0.15, -0.1) is 0 Å². The first kappa shape index (κ1) is 8.66. The molecule has 3 heteroatoms. The van der Waals surface area contributed by atoms with Crippen LogP contribution in [0.3, 0.4) is 0 Å². The monoisotopic (exact) mass is 152 g/mol. The minimum absolute atomic E-state index is 0.216. The van der Waals surface area contributed by atoms with Crippen molar-refractivity contribution in [3.8, 4) is 0 Å². The van der Waals surface area contributed by atoms with Crippen molar-refractivity contribution in [3.63, 3.8) is 0 Å². The van der Waals surface area contributed by atoms with E-state index < -0.39 is 0 Å². The molecule has 1 nitrogen and oxygen atoms in total. The van der Waals surface area contributed by atoms with E-state index in [2.05, 4.69) is 6.92 Å². The molecule has 0 aliphatic rings. The number of aliphatic hydroxyl groups excluding tert-OH is 1. The first-order valence-corrected chi connectivity index (χ1v) is 5.12. The van der Waals surface area contributed by atoms with Crippen LogP contribution >= 0.6 is 21.6 Å². The third-order valence-electron chi connectivity index (χ3n) is 0.495. The maximum Gasteiger partial charge on any atom is 0.106 e. The van der Waals surface area contributed by atoms with Gasteiger partial charge >= 0.3 is 0 Å². The zero-order chi connectivity index (χ0) is 6.41. The van der Waals surface area contributed by atoms with Crippen LogP contribution < -0.4 is 0 Å². The van der Waals surface area contributed by atoms with E-state index >= 15 is 0 Å². The van der Waals surface area contributed by atoms with Crippen molar-refractivity contribution in [2.45, 2.75) is 25.7 Å². The highest BCUT2D eigenvalue weighted by molar-refractivity contribution is 8.76. The van der Waals surface area contributed by atoms with Crippen molar-refractivity contribution >= 4 is 21.6 Å². The first-order chi connectivity index (χ1) is 3.77. The van der Waals surface area contributed by atoms with E-state index in [1.165, 1.54) is 17.2 Å². The quantitative estimate of drug-likeness (QED) is 0.378. The van der Waals surface area contributed by atoms with Gasteiger partial charge < -0.3 is 5.11 Å². The minimum atomic E-state index is -0.216. The fraction of sp³-hybridized carbons (Fsp3) is 1.00. The summed E-state index contributed by atoms with van der Waals surface area (Å²) in [4.78, 5) is 0. The predicted octanol–water partition coefficient (Wildman–Crippen LogP) is 2.12. The average Bonchev–Trinajstić information content (AvgIpc) is 1.66. The molecule has 0 saturated carbocycles. The molecule has 8 heavy (non-hydrogen) atoms. The molecular formula is C5H12OS2. The highest BCUT2D eigenvalue weighted by Crippen LogP contribution is 2.24. The van der Waals surface area contributed by atoms with Gasteiger partial charge in [0.2, 0.25) is 0 Å². The van der Waals surface area contributed by atoms with Gasteiger partial charge in [0.15, 0.2) is 0 Å². The molecule has 0 rings (SSSR count). The molecule has 1 N–H and O–H groups in total. The Balaban J connectivity index is 2.72. The van der Waals surface area contributed by atoms with Crippen LogP contribution in [-0.4, -0.2) is 16.3 Å². The zero-order valence-corrected chi connectivity index (χ0v) is 6.89. The fourth-order valence-electron chi connectivity index (χ4n) is 0.230. The van der Waals surface area contributed by atoms with Crippen molar-refractivity contribution in [1.29, 1.82) is 0 Å². The molecule has 50 valence electrons. The molecule has 1 unspecified atom stereocenters. The standard InChI is InChI=1S/C5H12OS2/c1-3-4-7-8-5(2)6/h5-6H,3-4H2,1-2H3. The Morgan fingerprint density at radius 1 is 1.62 bits per heavy atom. The summed E-state index contributed by atoms with van der Waals surface area (Å²) in [5, 5.41) is 8.72. The highest BCUT2D eigenvalue weighted by atomic mass is 33.1. The maximum atomic E-state index is 8.72. The van der Waals surface area contributed by atoms with Gasteiger partial charge in [0, 0.05) is 5.75 Å². The van der Waals surface area contributed by atoms with Gasteiger partial charge in [-0.05, 0) is 13.3 Å². The van der Waals surface area contributed by atoms with Gasteiger partial charge in [-0.1, -0.05) is 28.5 Å². The Morgan fingerprint density at radius 3 is 2.62 bits per heavy atom. The Bertz CT molecular complexity index is 47.7. The van der Waals surface area contributed by atoms with Crippen LogP contribution in [0.25, 0.3) is 0 Å².